The molecular formula is C23H25N5O3S. The lowest BCUT2D eigenvalue weighted by molar-refractivity contribution is -0.132. The largest absolute Gasteiger partial charge is 0.389 e. The Bertz CT molecular complexity index is 1270. The molecule has 0 spiro atoms. The average molecular weight is 452 g/mol. The molecule has 5 rings (SSSR count). The Morgan fingerprint density at radius 2 is 2.19 bits per heavy atom. The number of hydrogen-bond donors (Lipinski definition) is 4. The Hall–Kier alpha value is -2.93. The molecule has 2 aliphatic carbocycles. The number of hydrogen-bond acceptors (Lipinski definition) is 7. The quantitative estimate of drug-likeness (QED) is 0.449. The summed E-state index contributed by atoms with van der Waals surface area (Å²) in [6.07, 6.45) is -0.0613. The molecule has 0 saturated heterocycles. The molecule has 166 valence electrons. The van der Waals surface area contributed by atoms with Crippen molar-refractivity contribution in [3.63, 3.8) is 0 Å². The number of fused-ring (bicyclic) bond motifs is 2. The highest BCUT2D eigenvalue weighted by Gasteiger charge is 2.75. The number of carbonyl (C=O) groups is 1. The minimum absolute atomic E-state index is 0.182. The van der Waals surface area contributed by atoms with Crippen LogP contribution in [0.4, 0.5) is 5.69 Å². The van der Waals surface area contributed by atoms with E-state index in [1.807, 2.05) is 32.0 Å². The summed E-state index contributed by atoms with van der Waals surface area (Å²) in [5, 5.41) is 27.5. The van der Waals surface area contributed by atoms with Gasteiger partial charge in [-0.05, 0) is 50.3 Å². The number of amides is 1. The van der Waals surface area contributed by atoms with Gasteiger partial charge in [-0.2, -0.15) is 0 Å². The maximum absolute atomic E-state index is 12.5. The Morgan fingerprint density at radius 3 is 2.88 bits per heavy atom. The molecule has 0 radical (unpaired) electrons. The molecule has 2 saturated carbocycles. The van der Waals surface area contributed by atoms with Gasteiger partial charge in [0.15, 0.2) is 5.65 Å². The van der Waals surface area contributed by atoms with Crippen LogP contribution in [0.3, 0.4) is 0 Å². The predicted molar refractivity (Wildman–Crippen MR) is 122 cm³/mol. The SMILES string of the molecule is CCNc1cc(C#Cc2ccc(C)s2)nc2c1ncn2[C@H]1C(O)C(O)[C@]2(C(=O)NC)CC12. The third kappa shape index (κ3) is 3.02. The van der Waals surface area contributed by atoms with Crippen LogP contribution in [-0.4, -0.2) is 56.5 Å². The molecule has 8 nitrogen and oxygen atoms in total. The number of aryl methyl sites for hydroxylation is 1. The van der Waals surface area contributed by atoms with Crippen LogP contribution in [0.2, 0.25) is 0 Å². The van der Waals surface area contributed by atoms with Crippen LogP contribution in [0.5, 0.6) is 0 Å². The zero-order valence-electron chi connectivity index (χ0n) is 18.1. The van der Waals surface area contributed by atoms with Gasteiger partial charge in [0.05, 0.1) is 34.5 Å². The summed E-state index contributed by atoms with van der Waals surface area (Å²) in [4.78, 5) is 23.9. The van der Waals surface area contributed by atoms with E-state index in [9.17, 15) is 15.0 Å². The predicted octanol–water partition coefficient (Wildman–Crippen LogP) is 1.66. The molecule has 5 atom stereocenters. The maximum atomic E-state index is 12.5. The van der Waals surface area contributed by atoms with Crippen LogP contribution in [-0.2, 0) is 4.79 Å². The lowest BCUT2D eigenvalue weighted by Gasteiger charge is -2.23. The van der Waals surface area contributed by atoms with E-state index >= 15 is 0 Å². The van der Waals surface area contributed by atoms with E-state index < -0.39 is 23.7 Å². The first-order valence-corrected chi connectivity index (χ1v) is 11.5. The molecule has 3 heterocycles. The fourth-order valence-corrected chi connectivity index (χ4v) is 5.75. The number of pyridine rings is 1. The van der Waals surface area contributed by atoms with Crippen molar-refractivity contribution < 1.29 is 15.0 Å². The molecule has 0 aliphatic heterocycles. The highest BCUT2D eigenvalue weighted by atomic mass is 32.1. The molecule has 4 N–H and O–H groups in total. The first-order valence-electron chi connectivity index (χ1n) is 10.7. The van der Waals surface area contributed by atoms with Gasteiger partial charge in [0, 0.05) is 24.4 Å². The van der Waals surface area contributed by atoms with Gasteiger partial charge < -0.3 is 25.4 Å². The van der Waals surface area contributed by atoms with Gasteiger partial charge in [0.2, 0.25) is 5.91 Å². The Morgan fingerprint density at radius 1 is 1.38 bits per heavy atom. The fraction of sp³-hybridized carbons (Fsp3) is 0.435. The number of aliphatic hydroxyl groups excluding tert-OH is 2. The van der Waals surface area contributed by atoms with E-state index in [1.54, 1.807) is 29.3 Å². The summed E-state index contributed by atoms with van der Waals surface area (Å²) >= 11 is 1.63. The monoisotopic (exact) mass is 451 g/mol. The van der Waals surface area contributed by atoms with E-state index in [2.05, 4.69) is 27.5 Å². The van der Waals surface area contributed by atoms with Gasteiger partial charge in [0.25, 0.3) is 0 Å². The number of aliphatic hydroxyl groups is 2. The molecule has 0 aromatic carbocycles. The number of thiophene rings is 1. The smallest absolute Gasteiger partial charge is 0.229 e. The van der Waals surface area contributed by atoms with Gasteiger partial charge in [-0.15, -0.1) is 11.3 Å². The number of nitrogens with one attached hydrogen (secondary N) is 2. The summed E-state index contributed by atoms with van der Waals surface area (Å²) in [5.74, 6) is 5.89. The van der Waals surface area contributed by atoms with Crippen molar-refractivity contribution in [1.82, 2.24) is 19.9 Å². The van der Waals surface area contributed by atoms with E-state index in [0.717, 1.165) is 10.6 Å². The molecule has 1 amide bonds. The van der Waals surface area contributed by atoms with Crippen LogP contribution < -0.4 is 10.6 Å². The van der Waals surface area contributed by atoms with Gasteiger partial charge >= 0.3 is 0 Å². The van der Waals surface area contributed by atoms with Crippen LogP contribution in [0.25, 0.3) is 11.2 Å². The lowest BCUT2D eigenvalue weighted by atomic mass is 9.98. The molecule has 32 heavy (non-hydrogen) atoms. The first-order chi connectivity index (χ1) is 15.4. The second-order valence-electron chi connectivity index (χ2n) is 8.43. The third-order valence-electron chi connectivity index (χ3n) is 6.60. The van der Waals surface area contributed by atoms with Crippen LogP contribution in [0.1, 0.15) is 34.8 Å². The van der Waals surface area contributed by atoms with Gasteiger partial charge in [0.1, 0.15) is 17.3 Å². The lowest BCUT2D eigenvalue weighted by Crippen LogP contribution is -2.41. The van der Waals surface area contributed by atoms with Crippen LogP contribution in [0.15, 0.2) is 24.5 Å². The number of carbonyl (C=O) groups excluding carboxylic acids is 1. The van der Waals surface area contributed by atoms with Crippen molar-refractivity contribution in [2.75, 3.05) is 18.9 Å². The van der Waals surface area contributed by atoms with Crippen molar-refractivity contribution >= 4 is 34.1 Å². The summed E-state index contributed by atoms with van der Waals surface area (Å²) in [7, 11) is 1.55. The normalized spacial score (nSPS) is 28.2. The standard InChI is InChI=1S/C23H25N5O3S/c1-4-25-16-9-13(6-8-14-7-5-12(2)32-14)27-21-17(16)26-11-28(21)18-15-10-23(15,22(31)24-3)20(30)19(18)29/h5,7,9,11,15,18-20,29-30H,4,10H2,1-3H3,(H,24,31)(H,25,27)/t15?,18-,19?,20?,23+/m1/s1. The number of nitrogens with zero attached hydrogens (tertiary/aromatic N) is 3. The fourth-order valence-electron chi connectivity index (χ4n) is 5.03. The maximum Gasteiger partial charge on any atom is 0.229 e. The summed E-state index contributed by atoms with van der Waals surface area (Å²) in [5.41, 5.74) is 1.69. The zero-order chi connectivity index (χ0) is 22.6. The van der Waals surface area contributed by atoms with Gasteiger partial charge in [-0.1, -0.05) is 0 Å². The second kappa shape index (κ2) is 7.59. The second-order valence-corrected chi connectivity index (χ2v) is 9.71. The Balaban J connectivity index is 1.59. The number of anilines is 1. The van der Waals surface area contributed by atoms with E-state index in [0.29, 0.717) is 29.8 Å². The first kappa shape index (κ1) is 20.9. The number of rotatable bonds is 4. The molecule has 3 unspecified atom stereocenters. The van der Waals surface area contributed by atoms with Crippen LogP contribution >= 0.6 is 11.3 Å². The topological polar surface area (TPSA) is 112 Å². The summed E-state index contributed by atoms with van der Waals surface area (Å²) in [6, 6.07) is 5.41. The van der Waals surface area contributed by atoms with E-state index in [-0.39, 0.29) is 11.8 Å². The number of aromatic nitrogens is 3. The molecular weight excluding hydrogens is 426 g/mol. The molecule has 0 bridgehead atoms. The van der Waals surface area contributed by atoms with Crippen molar-refractivity contribution in [2.24, 2.45) is 11.3 Å². The summed E-state index contributed by atoms with van der Waals surface area (Å²) in [6.45, 7) is 4.75. The Labute approximate surface area is 189 Å². The van der Waals surface area contributed by atoms with E-state index in [1.165, 1.54) is 4.88 Å². The van der Waals surface area contributed by atoms with Crippen LogP contribution in [0, 0.1) is 30.1 Å². The average Bonchev–Trinajstić information content (AvgIpc) is 3.03. The zero-order valence-corrected chi connectivity index (χ0v) is 18.9. The van der Waals surface area contributed by atoms with E-state index in [4.69, 9.17) is 4.98 Å². The third-order valence-corrected chi connectivity index (χ3v) is 7.51. The Kier molecular flexibility index (Phi) is 4.97. The molecule has 2 aliphatic rings. The van der Waals surface area contributed by atoms with Crippen molar-refractivity contribution in [2.45, 2.75) is 38.5 Å². The van der Waals surface area contributed by atoms with Crippen molar-refractivity contribution in [1.29, 1.82) is 0 Å². The highest BCUT2D eigenvalue weighted by Crippen LogP contribution is 2.67. The molecule has 2 fully saturated rings. The van der Waals surface area contributed by atoms with Gasteiger partial charge in [-0.25, -0.2) is 9.97 Å². The van der Waals surface area contributed by atoms with Crippen molar-refractivity contribution in [3.8, 4) is 11.8 Å². The summed E-state index contributed by atoms with van der Waals surface area (Å²) < 4.78 is 1.80. The van der Waals surface area contributed by atoms with Gasteiger partial charge in [-0.3, -0.25) is 4.79 Å². The number of imidazole rings is 1. The molecule has 9 heteroatoms. The molecule has 3 aromatic rings. The minimum atomic E-state index is -1.13. The molecule has 3 aromatic heterocycles. The highest BCUT2D eigenvalue weighted by molar-refractivity contribution is 7.12. The minimum Gasteiger partial charge on any atom is -0.389 e. The van der Waals surface area contributed by atoms with Crippen molar-refractivity contribution in [3.05, 3.63) is 40.0 Å².